The van der Waals surface area contributed by atoms with E-state index in [9.17, 15) is 0 Å². The van der Waals surface area contributed by atoms with Crippen molar-refractivity contribution in [2.75, 3.05) is 17.2 Å². The molecule has 2 bridgehead atoms. The van der Waals surface area contributed by atoms with E-state index in [0.717, 1.165) is 47.6 Å². The van der Waals surface area contributed by atoms with Crippen LogP contribution in [0, 0.1) is 25.2 Å². The summed E-state index contributed by atoms with van der Waals surface area (Å²) in [5, 5.41) is 24.0. The van der Waals surface area contributed by atoms with Crippen molar-refractivity contribution in [3.63, 3.8) is 0 Å². The third kappa shape index (κ3) is 3.59. The van der Waals surface area contributed by atoms with Gasteiger partial charge in [-0.25, -0.2) is 0 Å². The van der Waals surface area contributed by atoms with E-state index in [-0.39, 0.29) is 0 Å². The summed E-state index contributed by atoms with van der Waals surface area (Å²) in [6.07, 6.45) is 5.22. The van der Waals surface area contributed by atoms with Crippen molar-refractivity contribution in [2.24, 2.45) is 0 Å². The molecule has 5 rings (SSSR count). The van der Waals surface area contributed by atoms with Gasteiger partial charge in [-0.15, -0.1) is 0 Å². The fourth-order valence-corrected chi connectivity index (χ4v) is 5.03. The number of hydrogen-bond acceptors (Lipinski definition) is 7. The summed E-state index contributed by atoms with van der Waals surface area (Å²) in [6.45, 7) is 4.88. The van der Waals surface area contributed by atoms with Crippen molar-refractivity contribution >= 4 is 28.6 Å². The third-order valence-corrected chi connectivity index (χ3v) is 6.27. The topological polar surface area (TPSA) is 121 Å². The number of rotatable bonds is 6. The summed E-state index contributed by atoms with van der Waals surface area (Å²) < 4.78 is 0. The van der Waals surface area contributed by atoms with Crippen LogP contribution in [0.4, 0.5) is 17.6 Å². The van der Waals surface area contributed by atoms with Gasteiger partial charge in [0.05, 0.1) is 11.5 Å². The highest BCUT2D eigenvalue weighted by Crippen LogP contribution is 2.37. The lowest BCUT2D eigenvalue weighted by Crippen LogP contribution is -2.47. The van der Waals surface area contributed by atoms with E-state index in [4.69, 9.17) is 10.2 Å². The second-order valence-electron chi connectivity index (χ2n) is 8.52. The molecule has 0 amide bonds. The van der Waals surface area contributed by atoms with Gasteiger partial charge in [0.15, 0.2) is 5.82 Å². The molecule has 0 saturated carbocycles. The number of hydrogen-bond donors (Lipinski definition) is 4. The van der Waals surface area contributed by atoms with E-state index >= 15 is 0 Å². The fourth-order valence-electron chi connectivity index (χ4n) is 5.03. The predicted octanol–water partition coefficient (Wildman–Crippen LogP) is 3.36. The van der Waals surface area contributed by atoms with E-state index in [2.05, 4.69) is 47.8 Å². The van der Waals surface area contributed by atoms with E-state index in [0.29, 0.717) is 36.3 Å². The number of nitrogens with one attached hydrogen (secondary N) is 4. The van der Waals surface area contributed by atoms with Crippen molar-refractivity contribution in [3.05, 3.63) is 23.5 Å². The zero-order valence-corrected chi connectivity index (χ0v) is 17.4. The molecule has 2 saturated heterocycles. The number of anilines is 3. The van der Waals surface area contributed by atoms with Gasteiger partial charge in [-0.1, -0.05) is 0 Å². The number of fused-ring (bicyclic) bond motifs is 3. The molecule has 2 fully saturated rings. The summed E-state index contributed by atoms with van der Waals surface area (Å²) >= 11 is 0. The van der Waals surface area contributed by atoms with Crippen molar-refractivity contribution in [2.45, 2.75) is 64.1 Å². The molecule has 9 heteroatoms. The molecule has 0 radical (unpaired) electrons. The van der Waals surface area contributed by atoms with Crippen LogP contribution < -0.4 is 10.6 Å². The molecule has 3 aromatic rings. The molecule has 30 heavy (non-hydrogen) atoms. The van der Waals surface area contributed by atoms with Crippen LogP contribution in [0.2, 0.25) is 0 Å². The molecule has 2 atom stereocenters. The Kier molecular flexibility index (Phi) is 4.79. The normalized spacial score (nSPS) is 23.6. The first-order chi connectivity index (χ1) is 14.6. The Balaban J connectivity index is 1.38. The maximum atomic E-state index is 8.95. The lowest BCUT2D eigenvalue weighted by molar-refractivity contribution is 0.136. The van der Waals surface area contributed by atoms with Gasteiger partial charge in [-0.05, 0) is 45.6 Å². The highest BCUT2D eigenvalue weighted by atomic mass is 15.3. The standard InChI is InChI=1S/C21H27N9/c1-12-8-17-19(23-12)26-21(25-18-9-13(2)28-29-18)27-20(17)24-14-10-15-4-5-16(11-14)30(15)7-3-6-22/h8-9,14-16H,3-5,7,10-11H2,1-2H3,(H4,23,24,25,26,27,28,29). The Labute approximate surface area is 175 Å². The van der Waals surface area contributed by atoms with E-state index in [1.54, 1.807) is 0 Å². The number of nitriles is 1. The molecule has 0 aromatic carbocycles. The molecule has 3 aromatic heterocycles. The third-order valence-electron chi connectivity index (χ3n) is 6.27. The number of H-pyrrole nitrogens is 2. The number of aromatic amines is 2. The largest absolute Gasteiger partial charge is 0.366 e. The molecule has 2 aliphatic heterocycles. The summed E-state index contributed by atoms with van der Waals surface area (Å²) in [7, 11) is 0. The van der Waals surface area contributed by atoms with E-state index in [1.165, 1.54) is 12.8 Å². The maximum absolute atomic E-state index is 8.95. The lowest BCUT2D eigenvalue weighted by atomic mass is 9.97. The van der Waals surface area contributed by atoms with Gasteiger partial charge >= 0.3 is 0 Å². The summed E-state index contributed by atoms with van der Waals surface area (Å²) in [5.41, 5.74) is 2.85. The van der Waals surface area contributed by atoms with Gasteiger partial charge in [0.2, 0.25) is 5.95 Å². The average Bonchev–Trinajstić information content (AvgIpc) is 3.35. The first kappa shape index (κ1) is 18.9. The molecule has 9 nitrogen and oxygen atoms in total. The van der Waals surface area contributed by atoms with Crippen LogP contribution in [0.15, 0.2) is 12.1 Å². The molecule has 2 aliphatic rings. The maximum Gasteiger partial charge on any atom is 0.232 e. The number of nitrogens with zero attached hydrogens (tertiary/aromatic N) is 5. The molecule has 0 spiro atoms. The quantitative estimate of drug-likeness (QED) is 0.496. The molecular weight excluding hydrogens is 378 g/mol. The number of aryl methyl sites for hydroxylation is 2. The molecule has 5 heterocycles. The van der Waals surface area contributed by atoms with E-state index in [1.807, 2.05) is 19.9 Å². The van der Waals surface area contributed by atoms with Crippen LogP contribution in [-0.4, -0.2) is 54.7 Å². The van der Waals surface area contributed by atoms with Crippen LogP contribution in [0.3, 0.4) is 0 Å². The minimum absolute atomic E-state index is 0.370. The molecule has 2 unspecified atom stereocenters. The highest BCUT2D eigenvalue weighted by Gasteiger charge is 2.40. The highest BCUT2D eigenvalue weighted by molar-refractivity contribution is 5.89. The Hall–Kier alpha value is -3.12. The van der Waals surface area contributed by atoms with Crippen LogP contribution in [-0.2, 0) is 0 Å². The number of piperidine rings is 1. The van der Waals surface area contributed by atoms with Crippen molar-refractivity contribution in [3.8, 4) is 6.07 Å². The SMILES string of the molecule is Cc1cc(Nc2nc(NC3CC4CCC(C3)N4CCC#N)c3cc(C)[nH]c3n2)n[nH]1. The molecule has 4 N–H and O–H groups in total. The second kappa shape index (κ2) is 7.61. The van der Waals surface area contributed by atoms with E-state index < -0.39 is 0 Å². The first-order valence-corrected chi connectivity index (χ1v) is 10.6. The van der Waals surface area contributed by atoms with Gasteiger partial charge < -0.3 is 15.6 Å². The Bertz CT molecular complexity index is 1080. The summed E-state index contributed by atoms with van der Waals surface area (Å²) in [4.78, 5) is 15.3. The van der Waals surface area contributed by atoms with Gasteiger partial charge in [-0.3, -0.25) is 10.00 Å². The molecule has 156 valence electrons. The second-order valence-corrected chi connectivity index (χ2v) is 8.52. The Morgan fingerprint density at radius 1 is 1.17 bits per heavy atom. The average molecular weight is 406 g/mol. The summed E-state index contributed by atoms with van der Waals surface area (Å²) in [6, 6.07) is 7.80. The van der Waals surface area contributed by atoms with Gasteiger partial charge in [0.1, 0.15) is 11.5 Å². The predicted molar refractivity (Wildman–Crippen MR) is 116 cm³/mol. The lowest BCUT2D eigenvalue weighted by Gasteiger charge is -2.39. The van der Waals surface area contributed by atoms with Crippen molar-refractivity contribution < 1.29 is 0 Å². The Morgan fingerprint density at radius 3 is 2.67 bits per heavy atom. The first-order valence-electron chi connectivity index (χ1n) is 10.6. The van der Waals surface area contributed by atoms with Crippen LogP contribution in [0.5, 0.6) is 0 Å². The van der Waals surface area contributed by atoms with Crippen LogP contribution in [0.25, 0.3) is 11.0 Å². The Morgan fingerprint density at radius 2 is 1.97 bits per heavy atom. The van der Waals surface area contributed by atoms with Crippen LogP contribution >= 0.6 is 0 Å². The molecule has 0 aliphatic carbocycles. The minimum atomic E-state index is 0.370. The van der Waals surface area contributed by atoms with Gasteiger partial charge in [-0.2, -0.15) is 20.3 Å². The zero-order valence-electron chi connectivity index (χ0n) is 17.4. The minimum Gasteiger partial charge on any atom is -0.366 e. The zero-order chi connectivity index (χ0) is 20.7. The monoisotopic (exact) mass is 405 g/mol. The molecular formula is C21H27N9. The number of aromatic nitrogens is 5. The van der Waals surface area contributed by atoms with Gasteiger partial charge in [0, 0.05) is 48.5 Å². The summed E-state index contributed by atoms with van der Waals surface area (Å²) in [5.74, 6) is 2.08. The van der Waals surface area contributed by atoms with Crippen molar-refractivity contribution in [1.29, 1.82) is 5.26 Å². The smallest absolute Gasteiger partial charge is 0.232 e. The van der Waals surface area contributed by atoms with Gasteiger partial charge in [0.25, 0.3) is 0 Å². The van der Waals surface area contributed by atoms with Crippen LogP contribution in [0.1, 0.15) is 43.5 Å². The van der Waals surface area contributed by atoms with Crippen molar-refractivity contribution in [1.82, 2.24) is 30.0 Å². The fraction of sp³-hybridized carbons (Fsp3) is 0.524.